The van der Waals surface area contributed by atoms with Crippen molar-refractivity contribution in [1.29, 1.82) is 0 Å². The highest BCUT2D eigenvalue weighted by molar-refractivity contribution is 5.94. The van der Waals surface area contributed by atoms with Crippen LogP contribution in [0, 0.1) is 0 Å². The zero-order valence-corrected chi connectivity index (χ0v) is 14.6. The number of carbonyl (C=O) groups is 2. The second-order valence-electron chi connectivity index (χ2n) is 5.80. The Balaban J connectivity index is 1.52. The number of ether oxygens (including phenoxy) is 1. The van der Waals surface area contributed by atoms with E-state index >= 15 is 0 Å². The van der Waals surface area contributed by atoms with E-state index in [9.17, 15) is 9.59 Å². The second kappa shape index (κ2) is 7.69. The van der Waals surface area contributed by atoms with Crippen LogP contribution >= 0.6 is 0 Å². The molecule has 0 aliphatic rings. The lowest BCUT2D eigenvalue weighted by Gasteiger charge is -2.05. The molecule has 0 saturated heterocycles. The number of ketones is 1. The molecule has 3 aromatic rings. The van der Waals surface area contributed by atoms with E-state index in [0.717, 1.165) is 5.69 Å². The number of furan rings is 1. The first kappa shape index (κ1) is 17.5. The third-order valence-electron chi connectivity index (χ3n) is 3.73. The maximum atomic E-state index is 12.1. The summed E-state index contributed by atoms with van der Waals surface area (Å²) < 4.78 is 12.8. The predicted molar refractivity (Wildman–Crippen MR) is 93.9 cm³/mol. The quantitative estimate of drug-likeness (QED) is 0.660. The lowest BCUT2D eigenvalue weighted by molar-refractivity contribution is 0.0918. The van der Waals surface area contributed by atoms with E-state index in [-0.39, 0.29) is 24.1 Å². The molecule has 1 aromatic carbocycles. The van der Waals surface area contributed by atoms with Crippen LogP contribution in [0.2, 0.25) is 0 Å². The Labute approximate surface area is 150 Å². The molecule has 7 nitrogen and oxygen atoms in total. The molecule has 2 aromatic heterocycles. The Bertz CT molecular complexity index is 909. The summed E-state index contributed by atoms with van der Waals surface area (Å²) in [7, 11) is 1.82. The molecular formula is C19H19N3O4. The van der Waals surface area contributed by atoms with Gasteiger partial charge in [-0.2, -0.15) is 5.10 Å². The molecule has 0 bridgehead atoms. The largest absolute Gasteiger partial charge is 0.486 e. The highest BCUT2D eigenvalue weighted by atomic mass is 16.5. The molecule has 0 aliphatic carbocycles. The summed E-state index contributed by atoms with van der Waals surface area (Å²) in [5, 5.41) is 6.94. The van der Waals surface area contributed by atoms with Crippen molar-refractivity contribution in [3.8, 4) is 5.75 Å². The van der Waals surface area contributed by atoms with Crippen molar-refractivity contribution < 1.29 is 18.7 Å². The number of hydrogen-bond donors (Lipinski definition) is 1. The standard InChI is InChI=1S/C19H19N3O4/c1-13(23)14-3-5-16(6-4-14)25-12-17-7-8-18(26-17)19(24)20-11-15-9-10-22(2)21-15/h3-10H,11-12H2,1-2H3,(H,20,24). The Hall–Kier alpha value is -3.35. The van der Waals surface area contributed by atoms with E-state index in [1.54, 1.807) is 41.1 Å². The van der Waals surface area contributed by atoms with Gasteiger partial charge in [-0.3, -0.25) is 14.3 Å². The number of aryl methyl sites for hydroxylation is 1. The van der Waals surface area contributed by atoms with Gasteiger partial charge in [0, 0.05) is 18.8 Å². The number of nitrogens with one attached hydrogen (secondary N) is 1. The van der Waals surface area contributed by atoms with Crippen molar-refractivity contribution in [2.75, 3.05) is 0 Å². The van der Waals surface area contributed by atoms with Gasteiger partial charge in [0.25, 0.3) is 5.91 Å². The molecule has 3 rings (SSSR count). The van der Waals surface area contributed by atoms with Crippen LogP contribution in [-0.2, 0) is 20.2 Å². The Kier molecular flexibility index (Phi) is 5.17. The molecule has 134 valence electrons. The van der Waals surface area contributed by atoms with Crippen molar-refractivity contribution in [1.82, 2.24) is 15.1 Å². The van der Waals surface area contributed by atoms with Gasteiger partial charge < -0.3 is 14.5 Å². The summed E-state index contributed by atoms with van der Waals surface area (Å²) in [6.45, 7) is 2.03. The highest BCUT2D eigenvalue weighted by Crippen LogP contribution is 2.16. The Morgan fingerprint density at radius 3 is 2.58 bits per heavy atom. The first-order valence-corrected chi connectivity index (χ1v) is 8.10. The van der Waals surface area contributed by atoms with Crippen LogP contribution in [0.25, 0.3) is 0 Å². The van der Waals surface area contributed by atoms with Gasteiger partial charge in [-0.05, 0) is 49.4 Å². The van der Waals surface area contributed by atoms with E-state index in [4.69, 9.17) is 9.15 Å². The van der Waals surface area contributed by atoms with Gasteiger partial charge in [0.15, 0.2) is 11.5 Å². The van der Waals surface area contributed by atoms with Crippen molar-refractivity contribution in [2.24, 2.45) is 7.05 Å². The van der Waals surface area contributed by atoms with Crippen molar-refractivity contribution in [3.05, 3.63) is 71.4 Å². The minimum atomic E-state index is -0.312. The second-order valence-corrected chi connectivity index (χ2v) is 5.80. The van der Waals surface area contributed by atoms with E-state index in [0.29, 0.717) is 23.6 Å². The maximum Gasteiger partial charge on any atom is 0.287 e. The lowest BCUT2D eigenvalue weighted by atomic mass is 10.1. The fourth-order valence-electron chi connectivity index (χ4n) is 2.33. The summed E-state index contributed by atoms with van der Waals surface area (Å²) in [5.41, 5.74) is 1.40. The molecule has 0 unspecified atom stereocenters. The third-order valence-corrected chi connectivity index (χ3v) is 3.73. The van der Waals surface area contributed by atoms with E-state index < -0.39 is 0 Å². The zero-order chi connectivity index (χ0) is 18.5. The number of Topliss-reactive ketones (excluding diaryl/α,β-unsaturated/α-hetero) is 1. The fraction of sp³-hybridized carbons (Fsp3) is 0.211. The van der Waals surface area contributed by atoms with Crippen molar-refractivity contribution in [3.63, 3.8) is 0 Å². The van der Waals surface area contributed by atoms with E-state index in [1.165, 1.54) is 6.92 Å². The van der Waals surface area contributed by atoms with Gasteiger partial charge in [0.05, 0.1) is 12.2 Å². The molecule has 1 N–H and O–H groups in total. The van der Waals surface area contributed by atoms with Crippen LogP contribution in [-0.4, -0.2) is 21.5 Å². The molecule has 0 saturated carbocycles. The normalized spacial score (nSPS) is 10.5. The van der Waals surface area contributed by atoms with Gasteiger partial charge in [0.2, 0.25) is 0 Å². The highest BCUT2D eigenvalue weighted by Gasteiger charge is 2.12. The first-order valence-electron chi connectivity index (χ1n) is 8.10. The van der Waals surface area contributed by atoms with Gasteiger partial charge in [0.1, 0.15) is 18.1 Å². The fourth-order valence-corrected chi connectivity index (χ4v) is 2.33. The van der Waals surface area contributed by atoms with Crippen LogP contribution in [0.1, 0.15) is 39.3 Å². The van der Waals surface area contributed by atoms with Crippen molar-refractivity contribution in [2.45, 2.75) is 20.1 Å². The van der Waals surface area contributed by atoms with Crippen LogP contribution in [0.3, 0.4) is 0 Å². The number of benzene rings is 1. The zero-order valence-electron chi connectivity index (χ0n) is 14.6. The molecule has 0 spiro atoms. The van der Waals surface area contributed by atoms with Crippen LogP contribution in [0.4, 0.5) is 0 Å². The number of hydrogen-bond acceptors (Lipinski definition) is 5. The minimum Gasteiger partial charge on any atom is -0.486 e. The Morgan fingerprint density at radius 1 is 1.15 bits per heavy atom. The summed E-state index contributed by atoms with van der Waals surface area (Å²) in [6.07, 6.45) is 1.81. The maximum absolute atomic E-state index is 12.1. The van der Waals surface area contributed by atoms with Crippen molar-refractivity contribution >= 4 is 11.7 Å². The molecule has 0 fully saturated rings. The first-order chi connectivity index (χ1) is 12.5. The topological polar surface area (TPSA) is 86.4 Å². The molecule has 0 radical (unpaired) electrons. The SMILES string of the molecule is CC(=O)c1ccc(OCc2ccc(C(=O)NCc3ccn(C)n3)o2)cc1. The number of rotatable bonds is 7. The summed E-state index contributed by atoms with van der Waals surface area (Å²) in [6, 6.07) is 12.0. The molecule has 7 heteroatoms. The average Bonchev–Trinajstić information content (AvgIpc) is 3.27. The molecule has 0 atom stereocenters. The summed E-state index contributed by atoms with van der Waals surface area (Å²) in [5.74, 6) is 1.05. The molecule has 0 aliphatic heterocycles. The van der Waals surface area contributed by atoms with Crippen LogP contribution in [0.15, 0.2) is 53.1 Å². The molecular weight excluding hydrogens is 334 g/mol. The average molecular weight is 353 g/mol. The Morgan fingerprint density at radius 2 is 1.92 bits per heavy atom. The lowest BCUT2D eigenvalue weighted by Crippen LogP contribution is -2.22. The van der Waals surface area contributed by atoms with Gasteiger partial charge in [-0.15, -0.1) is 0 Å². The predicted octanol–water partition coefficient (Wildman–Crippen LogP) is 2.72. The number of amides is 1. The van der Waals surface area contributed by atoms with Gasteiger partial charge in [-0.1, -0.05) is 0 Å². The molecule has 2 heterocycles. The van der Waals surface area contributed by atoms with Crippen LogP contribution in [0.5, 0.6) is 5.75 Å². The van der Waals surface area contributed by atoms with E-state index in [1.807, 2.05) is 19.3 Å². The number of aromatic nitrogens is 2. The summed E-state index contributed by atoms with van der Waals surface area (Å²) >= 11 is 0. The van der Waals surface area contributed by atoms with E-state index in [2.05, 4.69) is 10.4 Å². The molecule has 26 heavy (non-hydrogen) atoms. The smallest absolute Gasteiger partial charge is 0.287 e. The third kappa shape index (κ3) is 4.38. The van der Waals surface area contributed by atoms with Gasteiger partial charge in [-0.25, -0.2) is 0 Å². The minimum absolute atomic E-state index is 0.00365. The molecule has 1 amide bonds. The number of nitrogens with zero attached hydrogens (tertiary/aromatic N) is 2. The summed E-state index contributed by atoms with van der Waals surface area (Å²) in [4.78, 5) is 23.4. The van der Waals surface area contributed by atoms with Crippen LogP contribution < -0.4 is 10.1 Å². The monoisotopic (exact) mass is 353 g/mol. The number of carbonyl (C=O) groups excluding carboxylic acids is 2. The van der Waals surface area contributed by atoms with Gasteiger partial charge >= 0.3 is 0 Å².